The lowest BCUT2D eigenvalue weighted by Crippen LogP contribution is -2.29. The van der Waals surface area contributed by atoms with E-state index in [0.717, 1.165) is 31.4 Å². The number of hydrogen-bond donors (Lipinski definition) is 1. The molecule has 102 valence electrons. The molecule has 18 heavy (non-hydrogen) atoms. The molecule has 1 heterocycles. The van der Waals surface area contributed by atoms with E-state index in [2.05, 4.69) is 36.3 Å². The molecule has 2 atom stereocenters. The third-order valence-corrected chi connectivity index (χ3v) is 3.48. The van der Waals surface area contributed by atoms with Crippen LogP contribution >= 0.6 is 0 Å². The zero-order valence-electron chi connectivity index (χ0n) is 12.1. The van der Waals surface area contributed by atoms with E-state index in [-0.39, 0.29) is 0 Å². The Bertz CT molecular complexity index is 324. The summed E-state index contributed by atoms with van der Waals surface area (Å²) in [5.74, 6) is 0. The van der Waals surface area contributed by atoms with Crippen molar-refractivity contribution in [3.05, 3.63) is 29.6 Å². The maximum Gasteiger partial charge on any atom is 0.0543 e. The number of methoxy groups -OCH3 is 1. The van der Waals surface area contributed by atoms with Gasteiger partial charge in [-0.3, -0.25) is 4.98 Å². The quantitative estimate of drug-likeness (QED) is 0.770. The van der Waals surface area contributed by atoms with E-state index in [1.165, 1.54) is 5.56 Å². The van der Waals surface area contributed by atoms with Crippen LogP contribution in [0.3, 0.4) is 0 Å². The third-order valence-electron chi connectivity index (χ3n) is 3.48. The van der Waals surface area contributed by atoms with E-state index < -0.39 is 0 Å². The van der Waals surface area contributed by atoms with Crippen LogP contribution < -0.4 is 5.32 Å². The van der Waals surface area contributed by atoms with E-state index in [0.29, 0.717) is 12.1 Å². The van der Waals surface area contributed by atoms with Crippen LogP contribution in [0, 0.1) is 0 Å². The van der Waals surface area contributed by atoms with Gasteiger partial charge in [-0.1, -0.05) is 13.0 Å². The summed E-state index contributed by atoms with van der Waals surface area (Å²) in [5.41, 5.74) is 2.46. The van der Waals surface area contributed by atoms with E-state index in [1.54, 1.807) is 7.11 Å². The average molecular weight is 250 g/mol. The Labute approximate surface area is 111 Å². The summed E-state index contributed by atoms with van der Waals surface area (Å²) in [7, 11) is 3.78. The summed E-state index contributed by atoms with van der Waals surface area (Å²) in [5, 5.41) is 3.36. The molecule has 0 radical (unpaired) electrons. The van der Waals surface area contributed by atoms with Gasteiger partial charge < -0.3 is 10.1 Å². The number of ether oxygens (including phenoxy) is 1. The van der Waals surface area contributed by atoms with Crippen molar-refractivity contribution >= 4 is 0 Å². The monoisotopic (exact) mass is 250 g/mol. The lowest BCUT2D eigenvalue weighted by Gasteiger charge is -2.18. The molecular weight excluding hydrogens is 224 g/mol. The number of aryl methyl sites for hydroxylation is 1. The van der Waals surface area contributed by atoms with Crippen LogP contribution in [0.15, 0.2) is 18.3 Å². The normalized spacial score (nSPS) is 14.4. The minimum absolute atomic E-state index is 0.330. The van der Waals surface area contributed by atoms with E-state index in [9.17, 15) is 0 Å². The third kappa shape index (κ3) is 5.15. The SMILES string of the molecule is CCc1ccc(CC(CCC(C)OC)NC)nc1. The van der Waals surface area contributed by atoms with Gasteiger partial charge in [0.15, 0.2) is 0 Å². The van der Waals surface area contributed by atoms with Crippen molar-refractivity contribution in [3.8, 4) is 0 Å². The van der Waals surface area contributed by atoms with Crippen molar-refractivity contribution in [2.24, 2.45) is 0 Å². The molecule has 0 aliphatic carbocycles. The molecule has 1 aromatic rings. The van der Waals surface area contributed by atoms with Crippen molar-refractivity contribution in [2.75, 3.05) is 14.2 Å². The molecule has 2 unspecified atom stereocenters. The van der Waals surface area contributed by atoms with Gasteiger partial charge in [-0.25, -0.2) is 0 Å². The first-order valence-corrected chi connectivity index (χ1v) is 6.83. The standard InChI is InChI=1S/C15H26N2O/c1-5-13-7-9-15(17-11-13)10-14(16-3)8-6-12(2)18-4/h7,9,11-12,14,16H,5-6,8,10H2,1-4H3. The van der Waals surface area contributed by atoms with Gasteiger partial charge in [-0.2, -0.15) is 0 Å². The second kappa shape index (κ2) is 8.22. The topological polar surface area (TPSA) is 34.1 Å². The predicted molar refractivity (Wildman–Crippen MR) is 75.9 cm³/mol. The molecule has 0 saturated carbocycles. The number of likely N-dealkylation sites (N-methyl/N-ethyl adjacent to an activating group) is 1. The number of nitrogens with zero attached hydrogens (tertiary/aromatic N) is 1. The molecule has 3 nitrogen and oxygen atoms in total. The summed E-state index contributed by atoms with van der Waals surface area (Å²) >= 11 is 0. The molecular formula is C15H26N2O. The summed E-state index contributed by atoms with van der Waals surface area (Å²) in [4.78, 5) is 4.51. The Morgan fingerprint density at radius 3 is 2.61 bits per heavy atom. The van der Waals surface area contributed by atoms with E-state index >= 15 is 0 Å². The predicted octanol–water partition coefficient (Wildman–Crippen LogP) is 2.59. The van der Waals surface area contributed by atoms with Crippen LogP contribution in [0.1, 0.15) is 37.9 Å². The Morgan fingerprint density at radius 1 is 1.33 bits per heavy atom. The first kappa shape index (κ1) is 15.1. The van der Waals surface area contributed by atoms with Crippen LogP contribution in [0.4, 0.5) is 0 Å². The summed E-state index contributed by atoms with van der Waals surface area (Å²) < 4.78 is 5.28. The smallest absolute Gasteiger partial charge is 0.0543 e. The summed E-state index contributed by atoms with van der Waals surface area (Å²) in [6.07, 6.45) is 6.54. The van der Waals surface area contributed by atoms with Crippen molar-refractivity contribution in [1.82, 2.24) is 10.3 Å². The highest BCUT2D eigenvalue weighted by Gasteiger charge is 2.10. The molecule has 1 rings (SSSR count). The Morgan fingerprint density at radius 2 is 2.11 bits per heavy atom. The van der Waals surface area contributed by atoms with Gasteiger partial charge in [0, 0.05) is 31.5 Å². The molecule has 1 aromatic heterocycles. The van der Waals surface area contributed by atoms with Gasteiger partial charge in [0.2, 0.25) is 0 Å². The first-order chi connectivity index (χ1) is 8.69. The lowest BCUT2D eigenvalue weighted by molar-refractivity contribution is 0.106. The molecule has 3 heteroatoms. The highest BCUT2D eigenvalue weighted by Crippen LogP contribution is 2.09. The molecule has 0 aromatic carbocycles. The lowest BCUT2D eigenvalue weighted by atomic mass is 10.0. The minimum Gasteiger partial charge on any atom is -0.382 e. The zero-order chi connectivity index (χ0) is 13.4. The highest BCUT2D eigenvalue weighted by atomic mass is 16.5. The second-order valence-corrected chi connectivity index (χ2v) is 4.82. The van der Waals surface area contributed by atoms with Crippen LogP contribution in [-0.4, -0.2) is 31.3 Å². The number of hydrogen-bond acceptors (Lipinski definition) is 3. The maximum absolute atomic E-state index is 5.28. The van der Waals surface area contributed by atoms with Crippen LogP contribution in [0.25, 0.3) is 0 Å². The van der Waals surface area contributed by atoms with Crippen molar-refractivity contribution < 1.29 is 4.74 Å². The molecule has 1 N–H and O–H groups in total. The van der Waals surface area contributed by atoms with Crippen molar-refractivity contribution in [2.45, 2.75) is 51.7 Å². The molecule has 0 saturated heterocycles. The van der Waals surface area contributed by atoms with Gasteiger partial charge in [0.05, 0.1) is 6.10 Å². The Hall–Kier alpha value is -0.930. The van der Waals surface area contributed by atoms with Gasteiger partial charge in [0.1, 0.15) is 0 Å². The zero-order valence-corrected chi connectivity index (χ0v) is 12.1. The van der Waals surface area contributed by atoms with E-state index in [4.69, 9.17) is 4.74 Å². The first-order valence-electron chi connectivity index (χ1n) is 6.83. The molecule has 0 aliphatic heterocycles. The fourth-order valence-electron chi connectivity index (χ4n) is 1.94. The van der Waals surface area contributed by atoms with Crippen molar-refractivity contribution in [3.63, 3.8) is 0 Å². The van der Waals surface area contributed by atoms with Gasteiger partial charge in [0.25, 0.3) is 0 Å². The van der Waals surface area contributed by atoms with Gasteiger partial charge in [-0.05, 0) is 44.9 Å². The summed E-state index contributed by atoms with van der Waals surface area (Å²) in [6.45, 7) is 4.26. The number of rotatable bonds is 8. The van der Waals surface area contributed by atoms with Crippen LogP contribution in [0.5, 0.6) is 0 Å². The second-order valence-electron chi connectivity index (χ2n) is 4.82. The van der Waals surface area contributed by atoms with Gasteiger partial charge in [-0.15, -0.1) is 0 Å². The average Bonchev–Trinajstić information content (AvgIpc) is 2.43. The number of pyridine rings is 1. The van der Waals surface area contributed by atoms with Crippen molar-refractivity contribution in [1.29, 1.82) is 0 Å². The van der Waals surface area contributed by atoms with Gasteiger partial charge >= 0.3 is 0 Å². The summed E-state index contributed by atoms with van der Waals surface area (Å²) in [6, 6.07) is 4.79. The highest BCUT2D eigenvalue weighted by molar-refractivity contribution is 5.14. The number of nitrogens with one attached hydrogen (secondary N) is 1. The van der Waals surface area contributed by atoms with Crippen LogP contribution in [-0.2, 0) is 17.6 Å². The fourth-order valence-corrected chi connectivity index (χ4v) is 1.94. The van der Waals surface area contributed by atoms with Crippen LogP contribution in [0.2, 0.25) is 0 Å². The molecule has 0 spiro atoms. The maximum atomic E-state index is 5.28. The number of aromatic nitrogens is 1. The largest absolute Gasteiger partial charge is 0.382 e. The molecule has 0 fully saturated rings. The Balaban J connectivity index is 2.46. The van der Waals surface area contributed by atoms with E-state index in [1.807, 2.05) is 13.2 Å². The molecule has 0 bridgehead atoms. The molecule has 0 amide bonds. The fraction of sp³-hybridized carbons (Fsp3) is 0.667. The molecule has 0 aliphatic rings. The Kier molecular flexibility index (Phi) is 6.91. The minimum atomic E-state index is 0.330.